The Morgan fingerprint density at radius 1 is 1.14 bits per heavy atom. The van der Waals surface area contributed by atoms with Crippen LogP contribution in [0.4, 0.5) is 14.6 Å². The number of nitrogens with one attached hydrogen (secondary N) is 1. The highest BCUT2D eigenvalue weighted by Gasteiger charge is 2.34. The van der Waals surface area contributed by atoms with E-state index in [1.807, 2.05) is 0 Å². The number of carbonyl (C=O) groups is 1. The lowest BCUT2D eigenvalue weighted by atomic mass is 9.89. The molecule has 144 valence electrons. The van der Waals surface area contributed by atoms with Crippen molar-refractivity contribution in [3.05, 3.63) is 65.6 Å². The molecule has 0 saturated heterocycles. The maximum Gasteiger partial charge on any atom is 0.226 e. The van der Waals surface area contributed by atoms with Gasteiger partial charge in [0.1, 0.15) is 35.3 Å². The second kappa shape index (κ2) is 6.95. The molecule has 1 amide bonds. The van der Waals surface area contributed by atoms with Gasteiger partial charge < -0.3 is 14.8 Å². The third kappa shape index (κ3) is 2.87. The van der Waals surface area contributed by atoms with Gasteiger partial charge in [-0.05, 0) is 24.3 Å². The van der Waals surface area contributed by atoms with E-state index < -0.39 is 17.6 Å². The molecule has 6 nitrogen and oxygen atoms in total. The minimum absolute atomic E-state index is 0.0956. The first-order valence-electron chi connectivity index (χ1n) is 8.57. The lowest BCUT2D eigenvalue weighted by molar-refractivity contribution is -0.116. The Labute approximate surface area is 159 Å². The van der Waals surface area contributed by atoms with Gasteiger partial charge in [-0.15, -0.1) is 0 Å². The van der Waals surface area contributed by atoms with Crippen LogP contribution in [0.1, 0.15) is 23.6 Å². The van der Waals surface area contributed by atoms with E-state index in [-0.39, 0.29) is 17.9 Å². The first kappa shape index (κ1) is 18.0. The summed E-state index contributed by atoms with van der Waals surface area (Å²) in [5.41, 5.74) is 0.832. The second-order valence-corrected chi connectivity index (χ2v) is 6.33. The number of ether oxygens (including phenoxy) is 2. The molecule has 8 heteroatoms. The lowest BCUT2D eigenvalue weighted by Crippen LogP contribution is -2.26. The fourth-order valence-electron chi connectivity index (χ4n) is 3.46. The van der Waals surface area contributed by atoms with Gasteiger partial charge in [0, 0.05) is 24.0 Å². The van der Waals surface area contributed by atoms with Crippen molar-refractivity contribution >= 4 is 11.7 Å². The molecule has 2 aromatic carbocycles. The molecule has 0 radical (unpaired) electrons. The van der Waals surface area contributed by atoms with Crippen LogP contribution in [-0.4, -0.2) is 29.7 Å². The number of nitrogens with zero attached hydrogens (tertiary/aromatic N) is 2. The minimum atomic E-state index is -0.824. The summed E-state index contributed by atoms with van der Waals surface area (Å²) in [4.78, 5) is 16.7. The first-order chi connectivity index (χ1) is 13.5. The summed E-state index contributed by atoms with van der Waals surface area (Å²) in [6, 6.07) is 8.82. The molecular formula is C20H17F2N3O3. The van der Waals surface area contributed by atoms with Crippen LogP contribution >= 0.6 is 0 Å². The molecule has 0 spiro atoms. The molecule has 1 unspecified atom stereocenters. The number of anilines is 1. The molecule has 1 aliphatic rings. The van der Waals surface area contributed by atoms with E-state index in [4.69, 9.17) is 9.47 Å². The van der Waals surface area contributed by atoms with Crippen LogP contribution in [0.3, 0.4) is 0 Å². The molecule has 1 aromatic heterocycles. The van der Waals surface area contributed by atoms with E-state index in [1.165, 1.54) is 31.6 Å². The summed E-state index contributed by atoms with van der Waals surface area (Å²) in [5.74, 6) is -1.14. The first-order valence-corrected chi connectivity index (χ1v) is 8.57. The number of halogens is 2. The summed E-state index contributed by atoms with van der Waals surface area (Å²) >= 11 is 0. The van der Waals surface area contributed by atoms with E-state index in [1.54, 1.807) is 29.9 Å². The monoisotopic (exact) mass is 385 g/mol. The Kier molecular flexibility index (Phi) is 4.46. The minimum Gasteiger partial charge on any atom is -0.497 e. The zero-order chi connectivity index (χ0) is 19.8. The van der Waals surface area contributed by atoms with Gasteiger partial charge in [-0.25, -0.2) is 13.8 Å². The van der Waals surface area contributed by atoms with Crippen molar-refractivity contribution in [1.82, 2.24) is 9.55 Å². The Balaban J connectivity index is 1.86. The van der Waals surface area contributed by atoms with Crippen LogP contribution < -0.4 is 14.8 Å². The van der Waals surface area contributed by atoms with Gasteiger partial charge in [-0.3, -0.25) is 9.36 Å². The second-order valence-electron chi connectivity index (χ2n) is 6.33. The smallest absolute Gasteiger partial charge is 0.226 e. The maximum absolute atomic E-state index is 14.3. The lowest BCUT2D eigenvalue weighted by Gasteiger charge is -2.24. The molecule has 2 heterocycles. The highest BCUT2D eigenvalue weighted by molar-refractivity contribution is 5.94. The molecular weight excluding hydrogens is 368 g/mol. The molecule has 28 heavy (non-hydrogen) atoms. The zero-order valence-electron chi connectivity index (χ0n) is 15.2. The number of hydrogen-bond acceptors (Lipinski definition) is 4. The fourth-order valence-corrected chi connectivity index (χ4v) is 3.46. The van der Waals surface area contributed by atoms with Crippen molar-refractivity contribution in [1.29, 1.82) is 0 Å². The highest BCUT2D eigenvalue weighted by atomic mass is 19.1. The van der Waals surface area contributed by atoms with Crippen LogP contribution in [0.15, 0.2) is 42.7 Å². The van der Waals surface area contributed by atoms with Gasteiger partial charge in [0.15, 0.2) is 0 Å². The Hall–Kier alpha value is -3.42. The molecule has 0 saturated carbocycles. The molecule has 1 atom stereocenters. The molecule has 1 N–H and O–H groups in total. The van der Waals surface area contributed by atoms with Crippen molar-refractivity contribution in [2.24, 2.45) is 0 Å². The van der Waals surface area contributed by atoms with Gasteiger partial charge in [0.05, 0.1) is 25.6 Å². The summed E-state index contributed by atoms with van der Waals surface area (Å²) in [5, 5.41) is 2.76. The van der Waals surface area contributed by atoms with Gasteiger partial charge in [-0.2, -0.15) is 0 Å². The summed E-state index contributed by atoms with van der Waals surface area (Å²) in [7, 11) is 3.05. The number of benzene rings is 2. The van der Waals surface area contributed by atoms with Gasteiger partial charge >= 0.3 is 0 Å². The SMILES string of the molecule is COc1ccc(-n2cnc3c2NC(=O)CC3c2c(F)cccc2F)c(OC)c1. The van der Waals surface area contributed by atoms with Crippen LogP contribution in [-0.2, 0) is 4.79 Å². The number of fused-ring (bicyclic) bond motifs is 1. The Morgan fingerprint density at radius 3 is 2.57 bits per heavy atom. The largest absolute Gasteiger partial charge is 0.497 e. The number of carbonyl (C=O) groups excluding carboxylic acids is 1. The predicted octanol–water partition coefficient (Wildman–Crippen LogP) is 3.64. The normalized spacial score (nSPS) is 15.7. The summed E-state index contributed by atoms with van der Waals surface area (Å²) < 4.78 is 40.9. The number of aromatic nitrogens is 2. The van der Waals surface area contributed by atoms with Crippen LogP contribution in [0.5, 0.6) is 11.5 Å². The van der Waals surface area contributed by atoms with Crippen LogP contribution in [0.2, 0.25) is 0 Å². The van der Waals surface area contributed by atoms with Crippen molar-refractivity contribution < 1.29 is 23.0 Å². The zero-order valence-corrected chi connectivity index (χ0v) is 15.2. The van der Waals surface area contributed by atoms with Crippen molar-refractivity contribution in [2.45, 2.75) is 12.3 Å². The van der Waals surface area contributed by atoms with Gasteiger partial charge in [0.2, 0.25) is 5.91 Å². The van der Waals surface area contributed by atoms with Crippen molar-refractivity contribution in [2.75, 3.05) is 19.5 Å². The molecule has 0 bridgehead atoms. The number of hydrogen-bond donors (Lipinski definition) is 1. The van der Waals surface area contributed by atoms with E-state index in [0.29, 0.717) is 28.7 Å². The van der Waals surface area contributed by atoms with Gasteiger partial charge in [-0.1, -0.05) is 6.07 Å². The Bertz CT molecular complexity index is 1040. The third-order valence-electron chi connectivity index (χ3n) is 4.77. The van der Waals surface area contributed by atoms with E-state index in [9.17, 15) is 13.6 Å². The van der Waals surface area contributed by atoms with Crippen molar-refractivity contribution in [3.63, 3.8) is 0 Å². The topological polar surface area (TPSA) is 65.4 Å². The maximum atomic E-state index is 14.3. The molecule has 4 rings (SSSR count). The third-order valence-corrected chi connectivity index (χ3v) is 4.77. The van der Waals surface area contributed by atoms with E-state index in [2.05, 4.69) is 10.3 Å². The summed E-state index contributed by atoms with van der Waals surface area (Å²) in [6.45, 7) is 0. The van der Waals surface area contributed by atoms with Gasteiger partial charge in [0.25, 0.3) is 0 Å². The molecule has 3 aromatic rings. The predicted molar refractivity (Wildman–Crippen MR) is 98.1 cm³/mol. The average molecular weight is 385 g/mol. The number of imidazole rings is 1. The van der Waals surface area contributed by atoms with Crippen LogP contribution in [0.25, 0.3) is 5.69 Å². The van der Waals surface area contributed by atoms with Crippen molar-refractivity contribution in [3.8, 4) is 17.2 Å². The molecule has 0 aliphatic carbocycles. The number of rotatable bonds is 4. The van der Waals surface area contributed by atoms with E-state index in [0.717, 1.165) is 0 Å². The van der Waals surface area contributed by atoms with Crippen LogP contribution in [0, 0.1) is 11.6 Å². The number of amides is 1. The molecule has 0 fully saturated rings. The standard InChI is InChI=1S/C20H17F2N3O3/c1-27-11-6-7-15(16(8-11)28-2)25-10-23-19-12(9-17(26)24-20(19)25)18-13(21)4-3-5-14(18)22/h3-8,10,12H,9H2,1-2H3,(H,24,26). The summed E-state index contributed by atoms with van der Waals surface area (Å²) in [6.07, 6.45) is 1.40. The fraction of sp³-hybridized carbons (Fsp3) is 0.200. The number of methoxy groups -OCH3 is 2. The van der Waals surface area contributed by atoms with E-state index >= 15 is 0 Å². The highest BCUT2D eigenvalue weighted by Crippen LogP contribution is 2.40. The average Bonchev–Trinajstić information content (AvgIpc) is 3.10. The molecule has 1 aliphatic heterocycles. The quantitative estimate of drug-likeness (QED) is 0.745. The Morgan fingerprint density at radius 2 is 1.89 bits per heavy atom.